The molecule has 0 aliphatic rings. The molecule has 0 heterocycles. The fraction of sp³-hybridized carbons (Fsp3) is 0.231. The Bertz CT molecular complexity index is 2340. The summed E-state index contributed by atoms with van der Waals surface area (Å²) >= 11 is 0. The van der Waals surface area contributed by atoms with Crippen molar-refractivity contribution >= 4 is 27.8 Å². The van der Waals surface area contributed by atoms with Crippen molar-refractivity contribution < 1.29 is 0 Å². The fourth-order valence-corrected chi connectivity index (χ4v) is 7.40. The van der Waals surface area contributed by atoms with Crippen LogP contribution in [0.25, 0.3) is 44.2 Å². The normalized spacial score (nSPS) is 12.2. The van der Waals surface area contributed by atoms with Crippen LogP contribution in [0.15, 0.2) is 158 Å². The van der Waals surface area contributed by atoms with Gasteiger partial charge < -0.3 is 4.90 Å². The molecule has 0 fully saturated rings. The minimum Gasteiger partial charge on any atom is -0.309 e. The van der Waals surface area contributed by atoms with E-state index in [-0.39, 0.29) is 16.2 Å². The molecule has 53 heavy (non-hydrogen) atoms. The standard InChI is InChI=1S/C52H53N/c1-50(2,3)39-31-29-37(30-32-39)43-23-13-15-27-47(43)53(42-34-40(51(4,5)6)33-41(35-42)52(7,8)9)48-28-16-14-24-45(48)46-26-18-22-38-21-17-25-44(49(38)46)36-19-11-10-12-20-36/h10-35H,1-9H3. The predicted octanol–water partition coefficient (Wildman–Crippen LogP) is 15.2. The largest absolute Gasteiger partial charge is 0.309 e. The summed E-state index contributed by atoms with van der Waals surface area (Å²) in [5, 5.41) is 2.49. The molecule has 0 bridgehead atoms. The summed E-state index contributed by atoms with van der Waals surface area (Å²) in [6, 6.07) is 58.6. The SMILES string of the molecule is CC(C)(C)c1ccc(-c2ccccc2N(c2cc(C(C)(C)C)cc(C(C)(C)C)c2)c2ccccc2-c2cccc3cccc(-c4ccccc4)c23)cc1. The summed E-state index contributed by atoms with van der Waals surface area (Å²) in [5.41, 5.74) is 14.7. The third kappa shape index (κ3) is 7.31. The summed E-state index contributed by atoms with van der Waals surface area (Å²) < 4.78 is 0. The third-order valence-electron chi connectivity index (χ3n) is 10.5. The smallest absolute Gasteiger partial charge is 0.0540 e. The highest BCUT2D eigenvalue weighted by atomic mass is 15.1. The first-order valence-electron chi connectivity index (χ1n) is 19.0. The van der Waals surface area contributed by atoms with Gasteiger partial charge in [-0.25, -0.2) is 0 Å². The molecule has 0 radical (unpaired) electrons. The highest BCUT2D eigenvalue weighted by Crippen LogP contribution is 2.48. The van der Waals surface area contributed by atoms with E-state index in [4.69, 9.17) is 0 Å². The highest BCUT2D eigenvalue weighted by Gasteiger charge is 2.27. The molecule has 0 aromatic heterocycles. The molecule has 7 aromatic carbocycles. The molecule has 0 spiro atoms. The minimum absolute atomic E-state index is 0.0380. The van der Waals surface area contributed by atoms with Gasteiger partial charge >= 0.3 is 0 Å². The first-order chi connectivity index (χ1) is 25.2. The van der Waals surface area contributed by atoms with Crippen molar-refractivity contribution in [1.82, 2.24) is 0 Å². The number of hydrogen-bond acceptors (Lipinski definition) is 1. The van der Waals surface area contributed by atoms with Gasteiger partial charge in [0.05, 0.1) is 11.4 Å². The Morgan fingerprint density at radius 2 is 0.792 bits per heavy atom. The monoisotopic (exact) mass is 691 g/mol. The summed E-state index contributed by atoms with van der Waals surface area (Å²) in [5.74, 6) is 0. The van der Waals surface area contributed by atoms with Crippen LogP contribution in [0.5, 0.6) is 0 Å². The first-order valence-corrected chi connectivity index (χ1v) is 19.0. The van der Waals surface area contributed by atoms with Crippen LogP contribution in [-0.2, 0) is 16.2 Å². The van der Waals surface area contributed by atoms with Gasteiger partial charge in [-0.15, -0.1) is 0 Å². The van der Waals surface area contributed by atoms with Crippen LogP contribution in [0.1, 0.15) is 79.0 Å². The average Bonchev–Trinajstić information content (AvgIpc) is 3.14. The van der Waals surface area contributed by atoms with Gasteiger partial charge in [-0.2, -0.15) is 0 Å². The highest BCUT2D eigenvalue weighted by molar-refractivity contribution is 6.09. The van der Waals surface area contributed by atoms with Gasteiger partial charge in [0.25, 0.3) is 0 Å². The van der Waals surface area contributed by atoms with E-state index in [1.54, 1.807) is 0 Å². The Hall–Kier alpha value is -5.40. The summed E-state index contributed by atoms with van der Waals surface area (Å²) in [4.78, 5) is 2.52. The number of nitrogens with zero attached hydrogens (tertiary/aromatic N) is 1. The Morgan fingerprint density at radius 1 is 0.340 bits per heavy atom. The molecule has 0 amide bonds. The number of fused-ring (bicyclic) bond motifs is 1. The predicted molar refractivity (Wildman–Crippen MR) is 231 cm³/mol. The van der Waals surface area contributed by atoms with Crippen molar-refractivity contribution in [3.8, 4) is 33.4 Å². The maximum atomic E-state index is 2.52. The van der Waals surface area contributed by atoms with Crippen molar-refractivity contribution in [1.29, 1.82) is 0 Å². The molecule has 266 valence electrons. The summed E-state index contributed by atoms with van der Waals surface area (Å²) in [6.07, 6.45) is 0. The molecule has 1 heteroatoms. The maximum absolute atomic E-state index is 2.52. The molecule has 0 saturated heterocycles. The number of para-hydroxylation sites is 2. The summed E-state index contributed by atoms with van der Waals surface area (Å²) in [6.45, 7) is 20.8. The third-order valence-corrected chi connectivity index (χ3v) is 10.5. The van der Waals surface area contributed by atoms with Gasteiger partial charge in [0.1, 0.15) is 0 Å². The van der Waals surface area contributed by atoms with Gasteiger partial charge in [-0.3, -0.25) is 0 Å². The van der Waals surface area contributed by atoms with Crippen molar-refractivity contribution in [3.63, 3.8) is 0 Å². The molecule has 0 N–H and O–H groups in total. The zero-order valence-corrected chi connectivity index (χ0v) is 33.0. The lowest BCUT2D eigenvalue weighted by atomic mass is 9.80. The lowest BCUT2D eigenvalue weighted by Gasteiger charge is -2.33. The van der Waals surface area contributed by atoms with Gasteiger partial charge in [0, 0.05) is 16.8 Å². The number of rotatable bonds is 6. The molecule has 0 atom stereocenters. The van der Waals surface area contributed by atoms with Crippen molar-refractivity contribution in [2.75, 3.05) is 4.90 Å². The van der Waals surface area contributed by atoms with E-state index in [0.29, 0.717) is 0 Å². The van der Waals surface area contributed by atoms with Crippen LogP contribution in [0.3, 0.4) is 0 Å². The number of anilines is 3. The topological polar surface area (TPSA) is 3.24 Å². The second-order valence-corrected chi connectivity index (χ2v) is 17.5. The first kappa shape index (κ1) is 36.0. The van der Waals surface area contributed by atoms with Gasteiger partial charge in [0.15, 0.2) is 0 Å². The molecule has 0 aliphatic heterocycles. The second kappa shape index (κ2) is 13.9. The van der Waals surface area contributed by atoms with E-state index < -0.39 is 0 Å². The molecular weight excluding hydrogens is 639 g/mol. The lowest BCUT2D eigenvalue weighted by molar-refractivity contribution is 0.569. The quantitative estimate of drug-likeness (QED) is 0.168. The summed E-state index contributed by atoms with van der Waals surface area (Å²) in [7, 11) is 0. The van der Waals surface area contributed by atoms with Crippen LogP contribution in [0, 0.1) is 0 Å². The molecule has 0 aliphatic carbocycles. The van der Waals surface area contributed by atoms with Crippen LogP contribution in [0.4, 0.5) is 17.1 Å². The maximum Gasteiger partial charge on any atom is 0.0540 e. The fourth-order valence-electron chi connectivity index (χ4n) is 7.40. The number of hydrogen-bond donors (Lipinski definition) is 0. The zero-order chi connectivity index (χ0) is 37.5. The van der Waals surface area contributed by atoms with Gasteiger partial charge in [-0.05, 0) is 90.2 Å². The molecular formula is C52H53N. The Kier molecular flexibility index (Phi) is 9.41. The molecule has 7 rings (SSSR count). The van der Waals surface area contributed by atoms with Crippen molar-refractivity contribution in [2.45, 2.75) is 78.6 Å². The van der Waals surface area contributed by atoms with Crippen molar-refractivity contribution in [3.05, 3.63) is 174 Å². The number of benzene rings is 7. The van der Waals surface area contributed by atoms with Crippen LogP contribution in [-0.4, -0.2) is 0 Å². The molecule has 7 aromatic rings. The second-order valence-electron chi connectivity index (χ2n) is 17.5. The van der Waals surface area contributed by atoms with E-state index >= 15 is 0 Å². The van der Waals surface area contributed by atoms with E-state index in [1.165, 1.54) is 60.8 Å². The van der Waals surface area contributed by atoms with Crippen molar-refractivity contribution in [2.24, 2.45) is 0 Å². The van der Waals surface area contributed by atoms with Crippen LogP contribution >= 0.6 is 0 Å². The van der Waals surface area contributed by atoms with Crippen LogP contribution < -0.4 is 4.90 Å². The van der Waals surface area contributed by atoms with E-state index in [0.717, 1.165) is 17.1 Å². The molecule has 0 saturated carbocycles. The zero-order valence-electron chi connectivity index (χ0n) is 33.0. The minimum atomic E-state index is -0.0380. The molecule has 0 unspecified atom stereocenters. The van der Waals surface area contributed by atoms with E-state index in [1.807, 2.05) is 0 Å². The van der Waals surface area contributed by atoms with Gasteiger partial charge in [0.2, 0.25) is 0 Å². The van der Waals surface area contributed by atoms with E-state index in [2.05, 4.69) is 225 Å². The lowest BCUT2D eigenvalue weighted by Crippen LogP contribution is -2.19. The Balaban J connectivity index is 1.55. The Morgan fingerprint density at radius 3 is 1.36 bits per heavy atom. The van der Waals surface area contributed by atoms with Gasteiger partial charge in [-0.1, -0.05) is 196 Å². The molecule has 1 nitrogen and oxygen atoms in total. The van der Waals surface area contributed by atoms with E-state index in [9.17, 15) is 0 Å². The van der Waals surface area contributed by atoms with Crippen LogP contribution in [0.2, 0.25) is 0 Å². The Labute approximate surface area is 318 Å². The average molecular weight is 692 g/mol.